The topological polar surface area (TPSA) is 41.1 Å². The van der Waals surface area contributed by atoms with Crippen LogP contribution in [0.15, 0.2) is 0 Å². The summed E-state index contributed by atoms with van der Waals surface area (Å²) in [6.45, 7) is 2.28. The van der Waals surface area contributed by atoms with Crippen LogP contribution in [0.4, 0.5) is 0 Å². The van der Waals surface area contributed by atoms with Crippen LogP contribution in [0.3, 0.4) is 0 Å². The minimum absolute atomic E-state index is 0.334. The van der Waals surface area contributed by atoms with Gasteiger partial charge in [-0.3, -0.25) is 4.79 Å². The van der Waals surface area contributed by atoms with Crippen molar-refractivity contribution >= 4 is 5.91 Å². The fourth-order valence-corrected chi connectivity index (χ4v) is 6.02. The molecule has 0 aromatic heterocycles. The number of piperidine rings is 1. The van der Waals surface area contributed by atoms with Crippen LogP contribution in [0.5, 0.6) is 0 Å². The second-order valence-electron chi connectivity index (χ2n) is 8.06. The van der Waals surface area contributed by atoms with E-state index in [9.17, 15) is 4.79 Å². The lowest BCUT2D eigenvalue weighted by molar-refractivity contribution is -0.122. The maximum atomic E-state index is 12.3. The highest BCUT2D eigenvalue weighted by atomic mass is 16.1. The Balaban J connectivity index is 1.24. The molecular weight excluding hydrogens is 260 g/mol. The summed E-state index contributed by atoms with van der Waals surface area (Å²) in [5.74, 6) is 4.86. The van der Waals surface area contributed by atoms with Crippen molar-refractivity contribution in [3.05, 3.63) is 0 Å². The zero-order valence-electron chi connectivity index (χ0n) is 13.2. The van der Waals surface area contributed by atoms with Gasteiger partial charge in [-0.15, -0.1) is 0 Å². The van der Waals surface area contributed by atoms with Gasteiger partial charge in [0.05, 0.1) is 0 Å². The molecule has 0 spiro atoms. The van der Waals surface area contributed by atoms with Crippen LogP contribution in [0.1, 0.15) is 57.8 Å². The Bertz CT molecular complexity index is 391. The van der Waals surface area contributed by atoms with Gasteiger partial charge in [-0.2, -0.15) is 0 Å². The number of carbonyl (C=O) groups is 1. The molecule has 0 aromatic rings. The first-order chi connectivity index (χ1) is 10.3. The molecule has 2 N–H and O–H groups in total. The van der Waals surface area contributed by atoms with Crippen LogP contribution < -0.4 is 10.6 Å². The van der Waals surface area contributed by atoms with Crippen LogP contribution in [0.25, 0.3) is 0 Å². The van der Waals surface area contributed by atoms with Crippen molar-refractivity contribution in [2.45, 2.75) is 63.8 Å². The highest BCUT2D eigenvalue weighted by molar-refractivity contribution is 5.76. The van der Waals surface area contributed by atoms with Crippen molar-refractivity contribution in [2.24, 2.45) is 29.6 Å². The molecule has 1 heterocycles. The van der Waals surface area contributed by atoms with Gasteiger partial charge in [0.15, 0.2) is 0 Å². The molecule has 1 aliphatic heterocycles. The van der Waals surface area contributed by atoms with Crippen molar-refractivity contribution in [3.63, 3.8) is 0 Å². The van der Waals surface area contributed by atoms with E-state index in [4.69, 9.17) is 0 Å². The van der Waals surface area contributed by atoms with Gasteiger partial charge >= 0.3 is 0 Å². The Morgan fingerprint density at radius 1 is 1.00 bits per heavy atom. The van der Waals surface area contributed by atoms with E-state index < -0.39 is 0 Å². The summed E-state index contributed by atoms with van der Waals surface area (Å²) < 4.78 is 0. The van der Waals surface area contributed by atoms with E-state index in [1.165, 1.54) is 44.9 Å². The fourth-order valence-electron chi connectivity index (χ4n) is 6.02. The summed E-state index contributed by atoms with van der Waals surface area (Å²) in [5.41, 5.74) is 0. The van der Waals surface area contributed by atoms with Gasteiger partial charge < -0.3 is 10.6 Å². The van der Waals surface area contributed by atoms with Crippen molar-refractivity contribution in [1.29, 1.82) is 0 Å². The first-order valence-corrected chi connectivity index (χ1v) is 9.31. The molecule has 4 fully saturated rings. The molecule has 1 amide bonds. The van der Waals surface area contributed by atoms with Gasteiger partial charge in [0.25, 0.3) is 0 Å². The maximum Gasteiger partial charge on any atom is 0.220 e. The normalized spacial score (nSPS) is 42.2. The van der Waals surface area contributed by atoms with Crippen molar-refractivity contribution < 1.29 is 4.79 Å². The molecule has 3 saturated carbocycles. The van der Waals surface area contributed by atoms with E-state index in [0.717, 1.165) is 55.5 Å². The molecule has 4 aliphatic rings. The van der Waals surface area contributed by atoms with Gasteiger partial charge in [-0.05, 0) is 87.6 Å². The molecule has 21 heavy (non-hydrogen) atoms. The molecular formula is C18H30N2O. The molecule has 5 unspecified atom stereocenters. The number of rotatable bonds is 4. The minimum Gasteiger partial charge on any atom is -0.353 e. The van der Waals surface area contributed by atoms with Gasteiger partial charge in [0, 0.05) is 12.5 Å². The predicted octanol–water partition coefficient (Wildman–Crippen LogP) is 2.71. The maximum absolute atomic E-state index is 12.3. The Hall–Kier alpha value is -0.570. The van der Waals surface area contributed by atoms with Gasteiger partial charge in [0.2, 0.25) is 5.91 Å². The second-order valence-corrected chi connectivity index (χ2v) is 8.06. The molecule has 0 aromatic carbocycles. The van der Waals surface area contributed by atoms with Crippen molar-refractivity contribution in [3.8, 4) is 0 Å². The zero-order valence-corrected chi connectivity index (χ0v) is 13.2. The second kappa shape index (κ2) is 5.91. The molecule has 4 rings (SSSR count). The fraction of sp³-hybridized carbons (Fsp3) is 0.944. The summed E-state index contributed by atoms with van der Waals surface area (Å²) in [5, 5.41) is 6.81. The van der Waals surface area contributed by atoms with Gasteiger partial charge in [-0.1, -0.05) is 6.42 Å². The number of hydrogen-bond donors (Lipinski definition) is 2. The molecule has 5 atom stereocenters. The van der Waals surface area contributed by atoms with E-state index in [1.54, 1.807) is 0 Å². The van der Waals surface area contributed by atoms with E-state index in [2.05, 4.69) is 10.6 Å². The van der Waals surface area contributed by atoms with E-state index >= 15 is 0 Å². The van der Waals surface area contributed by atoms with E-state index in [0.29, 0.717) is 11.9 Å². The number of nitrogens with one attached hydrogen (secondary N) is 2. The Kier molecular flexibility index (Phi) is 3.95. The molecule has 1 saturated heterocycles. The van der Waals surface area contributed by atoms with Crippen LogP contribution >= 0.6 is 0 Å². The largest absolute Gasteiger partial charge is 0.353 e. The zero-order chi connectivity index (χ0) is 14.2. The summed E-state index contributed by atoms with van der Waals surface area (Å²) >= 11 is 0. The van der Waals surface area contributed by atoms with Crippen LogP contribution in [-0.4, -0.2) is 25.0 Å². The summed E-state index contributed by atoms with van der Waals surface area (Å²) in [6, 6.07) is 0.523. The van der Waals surface area contributed by atoms with Crippen molar-refractivity contribution in [2.75, 3.05) is 13.1 Å². The average Bonchev–Trinajstić information content (AvgIpc) is 3.18. The third kappa shape index (κ3) is 2.74. The summed E-state index contributed by atoms with van der Waals surface area (Å²) in [7, 11) is 0. The third-order valence-corrected chi connectivity index (χ3v) is 7.01. The number of carbonyl (C=O) groups excluding carboxylic acids is 1. The summed E-state index contributed by atoms with van der Waals surface area (Å²) in [4.78, 5) is 12.3. The lowest BCUT2D eigenvalue weighted by atomic mass is 9.79. The number of amides is 1. The Labute approximate surface area is 128 Å². The molecule has 3 aliphatic carbocycles. The standard InChI is InChI=1S/C18H30N2O/c21-18(5-4-12-6-8-19-9-7-12)20-17-11-13-10-16(17)15-3-1-2-14(13)15/h12-17,19H,1-11H2,(H,20,21). The molecule has 3 heteroatoms. The highest BCUT2D eigenvalue weighted by Crippen LogP contribution is 2.58. The predicted molar refractivity (Wildman–Crippen MR) is 83.8 cm³/mol. The van der Waals surface area contributed by atoms with Gasteiger partial charge in [-0.25, -0.2) is 0 Å². The third-order valence-electron chi connectivity index (χ3n) is 7.01. The first kappa shape index (κ1) is 14.0. The lowest BCUT2D eigenvalue weighted by Crippen LogP contribution is -2.42. The SMILES string of the molecule is O=C(CCC1CCNCC1)NC1CC2CC1C1CCCC21. The number of hydrogen-bond acceptors (Lipinski definition) is 2. The van der Waals surface area contributed by atoms with Crippen LogP contribution in [-0.2, 0) is 4.79 Å². The monoisotopic (exact) mass is 290 g/mol. The molecule has 118 valence electrons. The van der Waals surface area contributed by atoms with Crippen molar-refractivity contribution in [1.82, 2.24) is 10.6 Å². The van der Waals surface area contributed by atoms with E-state index in [-0.39, 0.29) is 0 Å². The number of fused-ring (bicyclic) bond motifs is 5. The van der Waals surface area contributed by atoms with E-state index in [1.807, 2.05) is 0 Å². The Morgan fingerprint density at radius 2 is 1.81 bits per heavy atom. The first-order valence-electron chi connectivity index (χ1n) is 9.31. The Morgan fingerprint density at radius 3 is 2.67 bits per heavy atom. The lowest BCUT2D eigenvalue weighted by Gasteiger charge is -2.32. The quantitative estimate of drug-likeness (QED) is 0.836. The van der Waals surface area contributed by atoms with Crippen LogP contribution in [0, 0.1) is 29.6 Å². The molecule has 0 radical (unpaired) electrons. The van der Waals surface area contributed by atoms with Crippen LogP contribution in [0.2, 0.25) is 0 Å². The molecule has 3 nitrogen and oxygen atoms in total. The minimum atomic E-state index is 0.334. The van der Waals surface area contributed by atoms with Gasteiger partial charge in [0.1, 0.15) is 0 Å². The summed E-state index contributed by atoms with van der Waals surface area (Å²) in [6.07, 6.45) is 11.4. The smallest absolute Gasteiger partial charge is 0.220 e. The average molecular weight is 290 g/mol. The molecule has 2 bridgehead atoms. The highest BCUT2D eigenvalue weighted by Gasteiger charge is 2.53.